The van der Waals surface area contributed by atoms with Crippen molar-refractivity contribution < 1.29 is 13.2 Å². The molecule has 30 heavy (non-hydrogen) atoms. The van der Waals surface area contributed by atoms with Crippen LogP contribution in [0.1, 0.15) is 45.6 Å². The van der Waals surface area contributed by atoms with Gasteiger partial charge in [0, 0.05) is 46.4 Å². The first-order chi connectivity index (χ1) is 14.3. The smallest absolute Gasteiger partial charge is 0.243 e. The second-order valence-electron chi connectivity index (χ2n) is 8.20. The van der Waals surface area contributed by atoms with Crippen LogP contribution in [-0.4, -0.2) is 70.0 Å². The van der Waals surface area contributed by atoms with Gasteiger partial charge in [-0.2, -0.15) is 4.31 Å². The van der Waals surface area contributed by atoms with Gasteiger partial charge in [-0.05, 0) is 63.6 Å². The maximum absolute atomic E-state index is 12.6. The highest BCUT2D eigenvalue weighted by atomic mass is 32.2. The molecule has 0 radical (unpaired) electrons. The van der Waals surface area contributed by atoms with Gasteiger partial charge in [-0.25, -0.2) is 13.4 Å². The van der Waals surface area contributed by atoms with Crippen molar-refractivity contribution in [2.45, 2.75) is 57.5 Å². The Morgan fingerprint density at radius 3 is 2.40 bits per heavy atom. The molecule has 1 saturated heterocycles. The highest BCUT2D eigenvalue weighted by Crippen LogP contribution is 2.19. The zero-order valence-corrected chi connectivity index (χ0v) is 19.9. The number of benzene rings is 1. The van der Waals surface area contributed by atoms with Crippen LogP contribution in [0.15, 0.2) is 34.2 Å². The number of aliphatic imine (C=N–C) groups is 1. The Morgan fingerprint density at radius 1 is 1.20 bits per heavy atom. The number of rotatable bonds is 9. The Hall–Kier alpha value is -1.64. The molecule has 1 fully saturated rings. The summed E-state index contributed by atoms with van der Waals surface area (Å²) in [6.45, 7) is 9.80. The van der Waals surface area contributed by atoms with Crippen molar-refractivity contribution in [1.82, 2.24) is 14.5 Å². The maximum Gasteiger partial charge on any atom is 0.243 e. The second kappa shape index (κ2) is 11.7. The van der Waals surface area contributed by atoms with Gasteiger partial charge < -0.3 is 15.0 Å². The van der Waals surface area contributed by atoms with Crippen LogP contribution in [-0.2, 0) is 21.3 Å². The molecule has 0 amide bonds. The zero-order valence-electron chi connectivity index (χ0n) is 19.1. The topological polar surface area (TPSA) is 74.2 Å². The first kappa shape index (κ1) is 24.6. The third-order valence-corrected chi connectivity index (χ3v) is 7.70. The molecule has 0 atom stereocenters. The second-order valence-corrected chi connectivity index (χ2v) is 10.2. The van der Waals surface area contributed by atoms with E-state index in [0.29, 0.717) is 11.4 Å². The quantitative estimate of drug-likeness (QED) is 0.474. The molecule has 1 aromatic carbocycles. The average Bonchev–Trinajstić information content (AvgIpc) is 2.75. The van der Waals surface area contributed by atoms with Gasteiger partial charge in [-0.1, -0.05) is 12.1 Å². The molecular formula is C22H38N4O3S. The van der Waals surface area contributed by atoms with Gasteiger partial charge in [0.25, 0.3) is 0 Å². The van der Waals surface area contributed by atoms with Crippen LogP contribution in [0.3, 0.4) is 0 Å². The van der Waals surface area contributed by atoms with Gasteiger partial charge in [0.1, 0.15) is 0 Å². The van der Waals surface area contributed by atoms with Gasteiger partial charge >= 0.3 is 0 Å². The van der Waals surface area contributed by atoms with Gasteiger partial charge in [-0.15, -0.1) is 0 Å². The minimum Gasteiger partial charge on any atom is -0.381 e. The van der Waals surface area contributed by atoms with Gasteiger partial charge in [-0.3, -0.25) is 0 Å². The first-order valence-corrected chi connectivity index (χ1v) is 12.3. The minimum absolute atomic E-state index is 0.0846. The van der Waals surface area contributed by atoms with Crippen molar-refractivity contribution in [3.05, 3.63) is 29.8 Å². The molecule has 170 valence electrons. The van der Waals surface area contributed by atoms with Crippen molar-refractivity contribution >= 4 is 16.0 Å². The van der Waals surface area contributed by atoms with Crippen LogP contribution in [0.5, 0.6) is 0 Å². The van der Waals surface area contributed by atoms with Crippen molar-refractivity contribution in [2.75, 3.05) is 40.4 Å². The summed E-state index contributed by atoms with van der Waals surface area (Å²) in [7, 11) is 0.217. The number of sulfonamides is 1. The third-order valence-electron chi connectivity index (χ3n) is 5.65. The molecular weight excluding hydrogens is 400 g/mol. The summed E-state index contributed by atoms with van der Waals surface area (Å²) < 4.78 is 32.0. The monoisotopic (exact) mass is 438 g/mol. The predicted molar refractivity (Wildman–Crippen MR) is 122 cm³/mol. The largest absolute Gasteiger partial charge is 0.381 e. The van der Waals surface area contributed by atoms with E-state index in [0.717, 1.165) is 63.0 Å². The third kappa shape index (κ3) is 6.96. The molecule has 2 rings (SSSR count). The number of ether oxygens (including phenoxy) is 1. The Morgan fingerprint density at radius 2 is 1.83 bits per heavy atom. The van der Waals surface area contributed by atoms with Crippen LogP contribution >= 0.6 is 0 Å². The molecule has 1 aliphatic rings. The molecule has 8 heteroatoms. The van der Waals surface area contributed by atoms with Gasteiger partial charge in [0.2, 0.25) is 10.0 Å². The summed E-state index contributed by atoms with van der Waals surface area (Å²) in [6.07, 6.45) is 3.42. The summed E-state index contributed by atoms with van der Waals surface area (Å²) in [5.74, 6) is 1.60. The summed E-state index contributed by atoms with van der Waals surface area (Å²) in [5.41, 5.74) is 0.981. The van der Waals surface area contributed by atoms with E-state index in [2.05, 4.69) is 24.2 Å². The zero-order chi connectivity index (χ0) is 22.1. The van der Waals surface area contributed by atoms with E-state index in [4.69, 9.17) is 9.73 Å². The number of hydrogen-bond donors (Lipinski definition) is 1. The van der Waals surface area contributed by atoms with Crippen LogP contribution in [0.4, 0.5) is 0 Å². The molecule has 1 N–H and O–H groups in total. The predicted octanol–water partition coefficient (Wildman–Crippen LogP) is 2.93. The van der Waals surface area contributed by atoms with E-state index in [1.165, 1.54) is 4.31 Å². The molecule has 0 aliphatic carbocycles. The molecule has 7 nitrogen and oxygen atoms in total. The fourth-order valence-electron chi connectivity index (χ4n) is 3.36. The Labute approximate surface area is 182 Å². The van der Waals surface area contributed by atoms with Crippen molar-refractivity contribution in [3.8, 4) is 0 Å². The molecule has 0 saturated carbocycles. The van der Waals surface area contributed by atoms with E-state index in [1.54, 1.807) is 19.2 Å². The fourth-order valence-corrected chi connectivity index (χ4v) is 4.73. The molecule has 0 bridgehead atoms. The number of hydrogen-bond acceptors (Lipinski definition) is 4. The standard InChI is InChI=1S/C22H38N4O3S/c1-6-23-22(25(4)14-11-19-12-15-29-16-13-19)24-17-20-7-9-21(10-8-20)30(27,28)26(5)18(2)3/h7-10,18-19H,6,11-17H2,1-5H3,(H,23,24). The van der Waals surface area contributed by atoms with E-state index >= 15 is 0 Å². The lowest BCUT2D eigenvalue weighted by Crippen LogP contribution is -2.40. The lowest BCUT2D eigenvalue weighted by molar-refractivity contribution is 0.0625. The molecule has 1 aliphatic heterocycles. The van der Waals surface area contributed by atoms with Crippen molar-refractivity contribution in [2.24, 2.45) is 10.9 Å². The molecule has 1 heterocycles. The Kier molecular flexibility index (Phi) is 9.58. The van der Waals surface area contributed by atoms with Gasteiger partial charge in [0.15, 0.2) is 5.96 Å². The summed E-state index contributed by atoms with van der Waals surface area (Å²) in [6, 6.07) is 6.94. The molecule has 0 aromatic heterocycles. The van der Waals surface area contributed by atoms with E-state index < -0.39 is 10.0 Å². The average molecular weight is 439 g/mol. The lowest BCUT2D eigenvalue weighted by atomic mass is 9.96. The number of guanidine groups is 1. The number of nitrogens with zero attached hydrogens (tertiary/aromatic N) is 3. The molecule has 0 unspecified atom stereocenters. The molecule has 0 spiro atoms. The minimum atomic E-state index is -3.46. The maximum atomic E-state index is 12.6. The Balaban J connectivity index is 1.99. The number of nitrogens with one attached hydrogen (secondary N) is 1. The van der Waals surface area contributed by atoms with Crippen LogP contribution in [0.2, 0.25) is 0 Å². The highest BCUT2D eigenvalue weighted by molar-refractivity contribution is 7.89. The van der Waals surface area contributed by atoms with Crippen molar-refractivity contribution in [3.63, 3.8) is 0 Å². The van der Waals surface area contributed by atoms with E-state index in [1.807, 2.05) is 26.0 Å². The van der Waals surface area contributed by atoms with E-state index in [9.17, 15) is 8.42 Å². The van der Waals surface area contributed by atoms with Crippen LogP contribution in [0, 0.1) is 5.92 Å². The summed E-state index contributed by atoms with van der Waals surface area (Å²) in [4.78, 5) is 7.24. The molecule has 1 aromatic rings. The normalized spacial score (nSPS) is 16.3. The van der Waals surface area contributed by atoms with Crippen molar-refractivity contribution in [1.29, 1.82) is 0 Å². The van der Waals surface area contributed by atoms with Crippen LogP contribution in [0.25, 0.3) is 0 Å². The SMILES string of the molecule is CCNC(=NCc1ccc(S(=O)(=O)N(C)C(C)C)cc1)N(C)CCC1CCOCC1. The Bertz CT molecular complexity index is 772. The first-order valence-electron chi connectivity index (χ1n) is 10.9. The fraction of sp³-hybridized carbons (Fsp3) is 0.682. The highest BCUT2D eigenvalue weighted by Gasteiger charge is 2.22. The van der Waals surface area contributed by atoms with E-state index in [-0.39, 0.29) is 6.04 Å². The van der Waals surface area contributed by atoms with Gasteiger partial charge in [0.05, 0.1) is 11.4 Å². The van der Waals surface area contributed by atoms with Crippen LogP contribution < -0.4 is 5.32 Å². The summed E-state index contributed by atoms with van der Waals surface area (Å²) in [5, 5.41) is 3.35. The lowest BCUT2D eigenvalue weighted by Gasteiger charge is -2.26. The summed E-state index contributed by atoms with van der Waals surface area (Å²) >= 11 is 0.